The topological polar surface area (TPSA) is 42.0 Å². The Kier molecular flexibility index (Phi) is 3.89. The molecule has 1 aromatic rings. The molecule has 0 aliphatic rings. The second-order valence-corrected chi connectivity index (χ2v) is 4.06. The number of nitrogens with zero attached hydrogens (tertiary/aromatic N) is 1. The highest BCUT2D eigenvalue weighted by Gasteiger charge is 2.06. The molecule has 1 atom stereocenters. The molecule has 1 unspecified atom stereocenters. The Morgan fingerprint density at radius 2 is 2.23 bits per heavy atom. The minimum absolute atomic E-state index is 0.00295. The molecule has 70 valence electrons. The van der Waals surface area contributed by atoms with Crippen molar-refractivity contribution in [2.24, 2.45) is 0 Å². The van der Waals surface area contributed by atoms with E-state index < -0.39 is 0 Å². The molecule has 1 aromatic heterocycles. The summed E-state index contributed by atoms with van der Waals surface area (Å²) in [6.45, 7) is 2.35. The van der Waals surface area contributed by atoms with Crippen molar-refractivity contribution in [2.75, 3.05) is 0 Å². The summed E-state index contributed by atoms with van der Waals surface area (Å²) >= 11 is 3.19. The number of hydrogen-bond donors (Lipinski definition) is 1. The van der Waals surface area contributed by atoms with Crippen molar-refractivity contribution in [3.63, 3.8) is 0 Å². The third-order valence-corrected chi connectivity index (χ3v) is 1.99. The van der Waals surface area contributed by atoms with Gasteiger partial charge in [-0.05, 0) is 24.6 Å². The highest BCUT2D eigenvalue weighted by atomic mass is 79.9. The van der Waals surface area contributed by atoms with Crippen molar-refractivity contribution in [1.29, 1.82) is 0 Å². The molecule has 0 radical (unpaired) electrons. The molecule has 1 N–H and O–H groups in total. The van der Waals surface area contributed by atoms with E-state index in [1.807, 2.05) is 12.1 Å². The highest BCUT2D eigenvalue weighted by Crippen LogP contribution is 1.99. The number of rotatable bonds is 3. The summed E-state index contributed by atoms with van der Waals surface area (Å²) in [5.41, 5.74) is 1.05. The molecule has 13 heavy (non-hydrogen) atoms. The fraction of sp³-hybridized carbons (Fsp3) is 0.333. The van der Waals surface area contributed by atoms with Gasteiger partial charge < -0.3 is 5.32 Å². The normalized spacial score (nSPS) is 12.2. The number of hydrogen-bond acceptors (Lipinski definition) is 2. The van der Waals surface area contributed by atoms with Crippen molar-refractivity contribution in [2.45, 2.75) is 18.3 Å². The van der Waals surface area contributed by atoms with Crippen LogP contribution >= 0.6 is 15.9 Å². The van der Waals surface area contributed by atoms with Gasteiger partial charge in [-0.1, -0.05) is 15.9 Å². The first-order valence-electron chi connectivity index (χ1n) is 4.01. The second-order valence-electron chi connectivity index (χ2n) is 2.69. The smallest absolute Gasteiger partial charge is 0.233 e. The minimum Gasteiger partial charge on any atom is -0.351 e. The van der Waals surface area contributed by atoms with Gasteiger partial charge in [-0.3, -0.25) is 9.78 Å². The molecule has 1 heterocycles. The van der Waals surface area contributed by atoms with Gasteiger partial charge in [-0.25, -0.2) is 0 Å². The predicted octanol–water partition coefficient (Wildman–Crippen LogP) is 1.48. The van der Waals surface area contributed by atoms with Crippen LogP contribution in [0.5, 0.6) is 0 Å². The van der Waals surface area contributed by atoms with Gasteiger partial charge >= 0.3 is 0 Å². The van der Waals surface area contributed by atoms with Gasteiger partial charge in [-0.2, -0.15) is 0 Å². The molecule has 1 amide bonds. The van der Waals surface area contributed by atoms with Crippen LogP contribution in [0.3, 0.4) is 0 Å². The number of pyridine rings is 1. The van der Waals surface area contributed by atoms with E-state index in [1.165, 1.54) is 0 Å². The lowest BCUT2D eigenvalue weighted by Crippen LogP contribution is -2.28. The Labute approximate surface area is 85.7 Å². The highest BCUT2D eigenvalue weighted by molar-refractivity contribution is 9.10. The van der Waals surface area contributed by atoms with Crippen molar-refractivity contribution in [3.8, 4) is 0 Å². The number of halogens is 1. The number of alkyl halides is 1. The van der Waals surface area contributed by atoms with Crippen LogP contribution in [0.2, 0.25) is 0 Å². The van der Waals surface area contributed by atoms with Gasteiger partial charge in [0, 0.05) is 18.9 Å². The SMILES string of the molecule is CC(Br)C(=O)NCc1ccncc1. The Morgan fingerprint density at radius 3 is 2.77 bits per heavy atom. The standard InChI is InChI=1S/C9H11BrN2O/c1-7(10)9(13)12-6-8-2-4-11-5-3-8/h2-5,7H,6H2,1H3,(H,12,13). The van der Waals surface area contributed by atoms with E-state index in [0.29, 0.717) is 6.54 Å². The van der Waals surface area contributed by atoms with Gasteiger partial charge in [0.25, 0.3) is 0 Å². The molecule has 0 aliphatic carbocycles. The zero-order valence-electron chi connectivity index (χ0n) is 7.33. The largest absolute Gasteiger partial charge is 0.351 e. The molecule has 0 fully saturated rings. The van der Waals surface area contributed by atoms with E-state index in [-0.39, 0.29) is 10.7 Å². The number of nitrogens with one attached hydrogen (secondary N) is 1. The summed E-state index contributed by atoms with van der Waals surface area (Å²) in [6.07, 6.45) is 3.41. The van der Waals surface area contributed by atoms with E-state index in [0.717, 1.165) is 5.56 Å². The van der Waals surface area contributed by atoms with Crippen molar-refractivity contribution < 1.29 is 4.79 Å². The number of carbonyl (C=O) groups is 1. The van der Waals surface area contributed by atoms with E-state index in [4.69, 9.17) is 0 Å². The molecule has 0 aromatic carbocycles. The molecule has 0 bridgehead atoms. The van der Waals surface area contributed by atoms with Crippen molar-refractivity contribution in [1.82, 2.24) is 10.3 Å². The summed E-state index contributed by atoms with van der Waals surface area (Å²) in [6, 6.07) is 3.75. The van der Waals surface area contributed by atoms with Crippen LogP contribution < -0.4 is 5.32 Å². The van der Waals surface area contributed by atoms with Crippen molar-refractivity contribution >= 4 is 21.8 Å². The van der Waals surface area contributed by atoms with Gasteiger partial charge in [0.1, 0.15) is 0 Å². The number of carbonyl (C=O) groups excluding carboxylic acids is 1. The maximum Gasteiger partial charge on any atom is 0.233 e. The van der Waals surface area contributed by atoms with Gasteiger partial charge in [0.05, 0.1) is 4.83 Å². The molecule has 3 nitrogen and oxygen atoms in total. The first-order valence-corrected chi connectivity index (χ1v) is 4.92. The van der Waals surface area contributed by atoms with Crippen LogP contribution in [0.15, 0.2) is 24.5 Å². The summed E-state index contributed by atoms with van der Waals surface area (Å²) < 4.78 is 0. The first-order chi connectivity index (χ1) is 6.20. The number of amides is 1. The fourth-order valence-corrected chi connectivity index (χ4v) is 0.992. The Hall–Kier alpha value is -0.900. The molecule has 4 heteroatoms. The lowest BCUT2D eigenvalue weighted by molar-refractivity contribution is -0.120. The Balaban J connectivity index is 2.40. The minimum atomic E-state index is -0.144. The van der Waals surface area contributed by atoms with Crippen LogP contribution in [-0.4, -0.2) is 15.7 Å². The third-order valence-electron chi connectivity index (χ3n) is 1.58. The quantitative estimate of drug-likeness (QED) is 0.817. The van der Waals surface area contributed by atoms with Crippen LogP contribution in [0, 0.1) is 0 Å². The zero-order valence-corrected chi connectivity index (χ0v) is 8.91. The van der Waals surface area contributed by atoms with E-state index in [9.17, 15) is 4.79 Å². The monoisotopic (exact) mass is 242 g/mol. The van der Waals surface area contributed by atoms with Crippen LogP contribution in [-0.2, 0) is 11.3 Å². The van der Waals surface area contributed by atoms with Crippen LogP contribution in [0.25, 0.3) is 0 Å². The maximum atomic E-state index is 11.1. The first kappa shape index (κ1) is 10.2. The molecular weight excluding hydrogens is 232 g/mol. The molecule has 0 saturated carbocycles. The lowest BCUT2D eigenvalue weighted by Gasteiger charge is -2.05. The van der Waals surface area contributed by atoms with Crippen molar-refractivity contribution in [3.05, 3.63) is 30.1 Å². The summed E-state index contributed by atoms with van der Waals surface area (Å²) in [7, 11) is 0. The average Bonchev–Trinajstić information content (AvgIpc) is 2.15. The van der Waals surface area contributed by atoms with E-state index in [2.05, 4.69) is 26.2 Å². The van der Waals surface area contributed by atoms with Crippen LogP contribution in [0.1, 0.15) is 12.5 Å². The number of aromatic nitrogens is 1. The van der Waals surface area contributed by atoms with E-state index in [1.54, 1.807) is 19.3 Å². The average molecular weight is 243 g/mol. The predicted molar refractivity (Wildman–Crippen MR) is 54.5 cm³/mol. The molecule has 0 saturated heterocycles. The maximum absolute atomic E-state index is 11.1. The van der Waals surface area contributed by atoms with Gasteiger partial charge in [0.2, 0.25) is 5.91 Å². The fourth-order valence-electron chi connectivity index (χ4n) is 0.830. The Morgan fingerprint density at radius 1 is 1.62 bits per heavy atom. The van der Waals surface area contributed by atoms with Gasteiger partial charge in [0.15, 0.2) is 0 Å². The summed E-state index contributed by atoms with van der Waals surface area (Å²) in [5, 5.41) is 2.78. The summed E-state index contributed by atoms with van der Waals surface area (Å²) in [5.74, 6) is -0.00295. The van der Waals surface area contributed by atoms with Gasteiger partial charge in [-0.15, -0.1) is 0 Å². The second kappa shape index (κ2) is 4.97. The molecular formula is C9H11BrN2O. The zero-order chi connectivity index (χ0) is 9.68. The molecule has 0 aliphatic heterocycles. The summed E-state index contributed by atoms with van der Waals surface area (Å²) in [4.78, 5) is 14.9. The molecule has 1 rings (SSSR count). The van der Waals surface area contributed by atoms with E-state index >= 15 is 0 Å². The third kappa shape index (κ3) is 3.55. The molecule has 0 spiro atoms. The lowest BCUT2D eigenvalue weighted by atomic mass is 10.2. The van der Waals surface area contributed by atoms with Crippen LogP contribution in [0.4, 0.5) is 0 Å². The Bertz CT molecular complexity index is 274.